The van der Waals surface area contributed by atoms with Crippen molar-refractivity contribution in [1.82, 2.24) is 5.32 Å². The minimum Gasteiger partial charge on any atom is -0.351 e. The smallest absolute Gasteiger partial charge is 0.279 e. The van der Waals surface area contributed by atoms with Crippen LogP contribution in [0.25, 0.3) is 0 Å². The molecule has 0 radical (unpaired) electrons. The number of nitrogens with one attached hydrogen (secondary N) is 3. The lowest BCUT2D eigenvalue weighted by atomic mass is 10.1. The first-order chi connectivity index (χ1) is 12.8. The molecule has 0 saturated carbocycles. The molecule has 144 valence electrons. The number of hydrogen-bond donors (Lipinski definition) is 3. The molecule has 27 heavy (non-hydrogen) atoms. The van der Waals surface area contributed by atoms with Crippen LogP contribution in [0.4, 0.5) is 10.1 Å². The highest BCUT2D eigenvalue weighted by Crippen LogP contribution is 2.24. The number of rotatable bonds is 8. The predicted octanol–water partition coefficient (Wildman–Crippen LogP) is 1.94. The second-order valence-corrected chi connectivity index (χ2v) is 6.99. The van der Waals surface area contributed by atoms with Crippen molar-refractivity contribution in [2.24, 2.45) is 0 Å². The molecular formula is C19H21Cl2FN3O2+. The van der Waals surface area contributed by atoms with E-state index < -0.39 is 0 Å². The van der Waals surface area contributed by atoms with E-state index in [1.54, 1.807) is 43.4 Å². The predicted molar refractivity (Wildman–Crippen MR) is 105 cm³/mol. The Morgan fingerprint density at radius 3 is 2.44 bits per heavy atom. The number of amides is 2. The molecule has 1 atom stereocenters. The number of carbonyl (C=O) groups excluding carboxylic acids is 2. The molecule has 0 bridgehead atoms. The van der Waals surface area contributed by atoms with Crippen LogP contribution in [0.15, 0.2) is 42.5 Å². The molecule has 0 aromatic heterocycles. The highest BCUT2D eigenvalue weighted by atomic mass is 35.5. The fourth-order valence-electron chi connectivity index (χ4n) is 2.49. The van der Waals surface area contributed by atoms with Crippen LogP contribution in [-0.2, 0) is 16.0 Å². The third-order valence-corrected chi connectivity index (χ3v) is 4.54. The molecule has 1 unspecified atom stereocenters. The van der Waals surface area contributed by atoms with Crippen LogP contribution in [0.1, 0.15) is 5.56 Å². The Morgan fingerprint density at radius 2 is 1.74 bits per heavy atom. The fourth-order valence-corrected chi connectivity index (χ4v) is 2.79. The van der Waals surface area contributed by atoms with Crippen molar-refractivity contribution in [3.63, 3.8) is 0 Å². The first kappa shape index (κ1) is 21.2. The van der Waals surface area contributed by atoms with E-state index in [1.807, 2.05) is 0 Å². The van der Waals surface area contributed by atoms with Crippen LogP contribution in [0.5, 0.6) is 0 Å². The highest BCUT2D eigenvalue weighted by molar-refractivity contribution is 6.42. The lowest BCUT2D eigenvalue weighted by Crippen LogP contribution is -3.11. The Morgan fingerprint density at radius 1 is 1.04 bits per heavy atom. The first-order valence-electron chi connectivity index (χ1n) is 8.41. The summed E-state index contributed by atoms with van der Waals surface area (Å²) in [5.74, 6) is -0.732. The molecule has 3 N–H and O–H groups in total. The van der Waals surface area contributed by atoms with Gasteiger partial charge in [0.15, 0.2) is 13.1 Å². The van der Waals surface area contributed by atoms with Gasteiger partial charge in [-0.1, -0.05) is 41.4 Å². The maximum absolute atomic E-state index is 13.5. The van der Waals surface area contributed by atoms with E-state index in [9.17, 15) is 14.0 Å². The number of carbonyl (C=O) groups is 2. The van der Waals surface area contributed by atoms with Crippen molar-refractivity contribution < 1.29 is 18.9 Å². The van der Waals surface area contributed by atoms with Gasteiger partial charge in [0.1, 0.15) is 5.82 Å². The third-order valence-electron chi connectivity index (χ3n) is 3.80. The first-order valence-corrected chi connectivity index (χ1v) is 9.17. The van der Waals surface area contributed by atoms with Gasteiger partial charge in [-0.25, -0.2) is 4.39 Å². The van der Waals surface area contributed by atoms with E-state index in [0.29, 0.717) is 34.3 Å². The molecule has 0 aliphatic carbocycles. The summed E-state index contributed by atoms with van der Waals surface area (Å²) in [4.78, 5) is 24.7. The average Bonchev–Trinajstić information content (AvgIpc) is 2.59. The topological polar surface area (TPSA) is 62.6 Å². The van der Waals surface area contributed by atoms with Crippen molar-refractivity contribution >= 4 is 40.7 Å². The molecule has 0 spiro atoms. The van der Waals surface area contributed by atoms with Gasteiger partial charge in [0.2, 0.25) is 0 Å². The molecule has 0 fully saturated rings. The number of likely N-dealkylation sites (N-methyl/N-ethyl adjacent to an activating group) is 1. The molecule has 0 saturated heterocycles. The van der Waals surface area contributed by atoms with E-state index in [1.165, 1.54) is 6.07 Å². The lowest BCUT2D eigenvalue weighted by molar-refractivity contribution is -0.862. The zero-order valence-corrected chi connectivity index (χ0v) is 16.3. The Hall–Kier alpha value is -2.15. The summed E-state index contributed by atoms with van der Waals surface area (Å²) in [6.45, 7) is 0.579. The van der Waals surface area contributed by atoms with Gasteiger partial charge in [-0.3, -0.25) is 9.59 Å². The van der Waals surface area contributed by atoms with E-state index in [4.69, 9.17) is 23.2 Å². The summed E-state index contributed by atoms with van der Waals surface area (Å²) in [6, 6.07) is 11.3. The number of benzene rings is 2. The summed E-state index contributed by atoms with van der Waals surface area (Å²) in [5, 5.41) is 6.20. The van der Waals surface area contributed by atoms with Crippen molar-refractivity contribution in [2.75, 3.05) is 32.0 Å². The summed E-state index contributed by atoms with van der Waals surface area (Å²) in [5.41, 5.74) is 1.09. The second-order valence-electron chi connectivity index (χ2n) is 6.18. The second kappa shape index (κ2) is 10.3. The van der Waals surface area contributed by atoms with Gasteiger partial charge < -0.3 is 15.5 Å². The lowest BCUT2D eigenvalue weighted by Gasteiger charge is -2.14. The summed E-state index contributed by atoms with van der Waals surface area (Å²) < 4.78 is 13.5. The van der Waals surface area contributed by atoms with Crippen LogP contribution in [0.3, 0.4) is 0 Å². The van der Waals surface area contributed by atoms with E-state index in [2.05, 4.69) is 10.6 Å². The SMILES string of the molecule is C[NH+](CC(=O)NCCc1ccccc1F)CC(=O)Nc1ccc(Cl)c(Cl)c1. The largest absolute Gasteiger partial charge is 0.351 e. The summed E-state index contributed by atoms with van der Waals surface area (Å²) in [7, 11) is 1.74. The quantitative estimate of drug-likeness (QED) is 0.620. The molecule has 2 amide bonds. The van der Waals surface area contributed by atoms with Crippen LogP contribution in [0.2, 0.25) is 10.0 Å². The van der Waals surface area contributed by atoms with Crippen molar-refractivity contribution in [2.45, 2.75) is 6.42 Å². The Labute approximate surface area is 167 Å². The Kier molecular flexibility index (Phi) is 8.03. The molecule has 0 aliphatic rings. The zero-order chi connectivity index (χ0) is 19.8. The van der Waals surface area contributed by atoms with Gasteiger partial charge in [0.05, 0.1) is 17.1 Å². The molecule has 8 heteroatoms. The number of halogens is 3. The van der Waals surface area contributed by atoms with Gasteiger partial charge in [-0.15, -0.1) is 0 Å². The van der Waals surface area contributed by atoms with E-state index in [0.717, 1.165) is 4.90 Å². The molecule has 2 aromatic carbocycles. The van der Waals surface area contributed by atoms with E-state index >= 15 is 0 Å². The average molecular weight is 413 g/mol. The van der Waals surface area contributed by atoms with Crippen LogP contribution >= 0.6 is 23.2 Å². The molecule has 0 aliphatic heterocycles. The Balaban J connectivity index is 1.71. The van der Waals surface area contributed by atoms with Crippen molar-refractivity contribution in [3.05, 3.63) is 63.9 Å². The fraction of sp³-hybridized carbons (Fsp3) is 0.263. The van der Waals surface area contributed by atoms with Crippen molar-refractivity contribution in [1.29, 1.82) is 0 Å². The minimum atomic E-state index is -0.284. The Bertz CT molecular complexity index is 817. The van der Waals surface area contributed by atoms with Gasteiger partial charge in [0.25, 0.3) is 11.8 Å². The maximum Gasteiger partial charge on any atom is 0.279 e. The van der Waals surface area contributed by atoms with Crippen LogP contribution < -0.4 is 15.5 Å². The van der Waals surface area contributed by atoms with Crippen LogP contribution in [0, 0.1) is 5.82 Å². The van der Waals surface area contributed by atoms with Crippen molar-refractivity contribution in [3.8, 4) is 0 Å². The molecular weight excluding hydrogens is 392 g/mol. The van der Waals surface area contributed by atoms with Crippen LogP contribution in [-0.4, -0.2) is 38.5 Å². The molecule has 5 nitrogen and oxygen atoms in total. The van der Waals surface area contributed by atoms with Gasteiger partial charge in [-0.2, -0.15) is 0 Å². The number of quaternary nitrogens is 1. The summed E-state index contributed by atoms with van der Waals surface area (Å²) in [6.07, 6.45) is 0.412. The summed E-state index contributed by atoms with van der Waals surface area (Å²) >= 11 is 11.7. The molecule has 0 heterocycles. The monoisotopic (exact) mass is 412 g/mol. The van der Waals surface area contributed by atoms with Gasteiger partial charge in [0, 0.05) is 12.2 Å². The minimum absolute atomic E-state index is 0.112. The maximum atomic E-state index is 13.5. The standard InChI is InChI=1S/C19H20Cl2FN3O2/c1-25(12-19(27)24-14-6-7-15(20)16(21)10-14)11-18(26)23-9-8-13-4-2-3-5-17(13)22/h2-7,10H,8-9,11-12H2,1H3,(H,23,26)(H,24,27)/p+1. The highest BCUT2D eigenvalue weighted by Gasteiger charge is 2.14. The zero-order valence-electron chi connectivity index (χ0n) is 14.8. The molecule has 2 aromatic rings. The number of anilines is 1. The number of hydrogen-bond acceptors (Lipinski definition) is 2. The van der Waals surface area contributed by atoms with E-state index in [-0.39, 0.29) is 30.7 Å². The normalized spacial score (nSPS) is 11.7. The van der Waals surface area contributed by atoms with Gasteiger partial charge >= 0.3 is 0 Å². The van der Waals surface area contributed by atoms with Gasteiger partial charge in [-0.05, 0) is 36.2 Å². The third kappa shape index (κ3) is 7.17. The molecule has 2 rings (SSSR count).